The molecule has 24 heavy (non-hydrogen) atoms. The Kier molecular flexibility index (Phi) is 8.68. The predicted molar refractivity (Wildman–Crippen MR) is 107 cm³/mol. The van der Waals surface area contributed by atoms with Crippen LogP contribution in [0, 0.1) is 17.8 Å². The van der Waals surface area contributed by atoms with Crippen LogP contribution in [-0.2, 0) is 0 Å². The molecular weight excluding hydrogens is 288 g/mol. The average molecular weight is 327 g/mol. The molecule has 0 aliphatic heterocycles. The Morgan fingerprint density at radius 2 is 2.08 bits per heavy atom. The highest BCUT2D eigenvalue weighted by molar-refractivity contribution is 5.32. The van der Waals surface area contributed by atoms with Crippen molar-refractivity contribution in [2.24, 2.45) is 17.8 Å². The zero-order valence-corrected chi connectivity index (χ0v) is 16.3. The molecule has 1 saturated carbocycles. The van der Waals surface area contributed by atoms with Gasteiger partial charge in [-0.05, 0) is 73.5 Å². The molecule has 3 unspecified atom stereocenters. The van der Waals surface area contributed by atoms with Gasteiger partial charge in [0.2, 0.25) is 0 Å². The average Bonchev–Trinajstić information content (AvgIpc) is 2.57. The molecule has 0 amide bonds. The molecule has 0 aromatic heterocycles. The van der Waals surface area contributed by atoms with Crippen LogP contribution in [0.3, 0.4) is 0 Å². The summed E-state index contributed by atoms with van der Waals surface area (Å²) in [6, 6.07) is 0. The molecule has 134 valence electrons. The van der Waals surface area contributed by atoms with Crippen molar-refractivity contribution in [2.75, 3.05) is 0 Å². The predicted octanol–water partition coefficient (Wildman–Crippen LogP) is 7.78. The molecule has 0 nitrogen and oxygen atoms in total. The van der Waals surface area contributed by atoms with Crippen molar-refractivity contribution >= 4 is 0 Å². The van der Waals surface area contributed by atoms with Crippen molar-refractivity contribution < 1.29 is 0 Å². The van der Waals surface area contributed by atoms with Gasteiger partial charge in [0, 0.05) is 0 Å². The third-order valence-electron chi connectivity index (χ3n) is 5.84. The van der Waals surface area contributed by atoms with Gasteiger partial charge in [0.25, 0.3) is 0 Å². The lowest BCUT2D eigenvalue weighted by Crippen LogP contribution is -2.07. The maximum atomic E-state index is 3.80. The van der Waals surface area contributed by atoms with Gasteiger partial charge < -0.3 is 0 Å². The molecule has 2 aliphatic rings. The van der Waals surface area contributed by atoms with Crippen LogP contribution < -0.4 is 0 Å². The third kappa shape index (κ3) is 6.48. The fourth-order valence-electron chi connectivity index (χ4n) is 4.27. The first kappa shape index (κ1) is 19.3. The number of allylic oxidation sites excluding steroid dienone is 5. The fraction of sp³-hybridized carbons (Fsp3) is 0.708. The second kappa shape index (κ2) is 10.8. The van der Waals surface area contributed by atoms with E-state index in [0.717, 1.165) is 18.3 Å². The lowest BCUT2D eigenvalue weighted by atomic mass is 9.84. The minimum absolute atomic E-state index is 0.672. The van der Waals surface area contributed by atoms with Crippen molar-refractivity contribution in [2.45, 2.75) is 91.4 Å². The lowest BCUT2D eigenvalue weighted by Gasteiger charge is -2.21. The molecule has 0 aromatic rings. The van der Waals surface area contributed by atoms with E-state index in [1.54, 1.807) is 5.57 Å². The van der Waals surface area contributed by atoms with Crippen LogP contribution in [-0.4, -0.2) is 0 Å². The summed E-state index contributed by atoms with van der Waals surface area (Å²) in [6.07, 6.45) is 24.0. The third-order valence-corrected chi connectivity index (χ3v) is 5.84. The highest BCUT2D eigenvalue weighted by Crippen LogP contribution is 2.31. The molecule has 1 fully saturated rings. The molecule has 0 heterocycles. The van der Waals surface area contributed by atoms with Crippen LogP contribution in [0.1, 0.15) is 91.4 Å². The maximum Gasteiger partial charge on any atom is -0.00320 e. The van der Waals surface area contributed by atoms with E-state index in [1.807, 2.05) is 0 Å². The van der Waals surface area contributed by atoms with E-state index in [1.165, 1.54) is 69.8 Å². The lowest BCUT2D eigenvalue weighted by molar-refractivity contribution is 0.379. The molecule has 0 heteroatoms. The van der Waals surface area contributed by atoms with E-state index >= 15 is 0 Å². The van der Waals surface area contributed by atoms with Crippen molar-refractivity contribution in [3.8, 4) is 0 Å². The highest BCUT2D eigenvalue weighted by Gasteiger charge is 2.15. The zero-order valence-electron chi connectivity index (χ0n) is 16.3. The normalized spacial score (nSPS) is 26.6. The first-order chi connectivity index (χ1) is 11.7. The van der Waals surface area contributed by atoms with Crippen LogP contribution in [0.25, 0.3) is 0 Å². The van der Waals surface area contributed by atoms with Gasteiger partial charge in [-0.2, -0.15) is 0 Å². The molecule has 0 spiro atoms. The minimum atomic E-state index is 0.672. The van der Waals surface area contributed by atoms with Crippen LogP contribution in [0.5, 0.6) is 0 Å². The first-order valence-electron chi connectivity index (χ1n) is 10.5. The van der Waals surface area contributed by atoms with Gasteiger partial charge in [0.05, 0.1) is 0 Å². The van der Waals surface area contributed by atoms with Gasteiger partial charge >= 0.3 is 0 Å². The molecule has 2 aliphatic carbocycles. The molecule has 0 aromatic carbocycles. The Hall–Kier alpha value is -1.00. The number of rotatable bonds is 5. The largest absolute Gasteiger partial charge is 0.121 e. The minimum Gasteiger partial charge on any atom is -0.121 e. The van der Waals surface area contributed by atoms with Crippen LogP contribution in [0.4, 0.5) is 0 Å². The van der Waals surface area contributed by atoms with Gasteiger partial charge in [-0.1, -0.05) is 71.1 Å². The Morgan fingerprint density at radius 3 is 2.88 bits per heavy atom. The summed E-state index contributed by atoms with van der Waals surface area (Å²) in [5, 5.41) is 0. The monoisotopic (exact) mass is 326 g/mol. The van der Waals surface area contributed by atoms with E-state index in [-0.39, 0.29) is 0 Å². The second-order valence-corrected chi connectivity index (χ2v) is 8.08. The van der Waals surface area contributed by atoms with Crippen LogP contribution in [0.2, 0.25) is 0 Å². The SMILES string of the molecule is CCCC(CC)CC1C=C=C2CC(C)CCCCC2=CCC=CC1. The topological polar surface area (TPSA) is 0 Å². The van der Waals surface area contributed by atoms with Gasteiger partial charge in [0.1, 0.15) is 0 Å². The van der Waals surface area contributed by atoms with E-state index in [9.17, 15) is 0 Å². The molecule has 0 bridgehead atoms. The van der Waals surface area contributed by atoms with Crippen LogP contribution >= 0.6 is 0 Å². The molecule has 3 atom stereocenters. The molecule has 0 N–H and O–H groups in total. The summed E-state index contributed by atoms with van der Waals surface area (Å²) < 4.78 is 0. The van der Waals surface area contributed by atoms with E-state index in [2.05, 4.69) is 50.8 Å². The Balaban J connectivity index is 2.21. The van der Waals surface area contributed by atoms with Crippen molar-refractivity contribution in [3.63, 3.8) is 0 Å². The van der Waals surface area contributed by atoms with E-state index < -0.39 is 0 Å². The van der Waals surface area contributed by atoms with E-state index in [4.69, 9.17) is 0 Å². The maximum absolute atomic E-state index is 3.80. The number of fused-ring (bicyclic) bond motifs is 1. The summed E-state index contributed by atoms with van der Waals surface area (Å²) in [5.41, 5.74) is 6.91. The fourth-order valence-corrected chi connectivity index (χ4v) is 4.27. The summed E-state index contributed by atoms with van der Waals surface area (Å²) in [6.45, 7) is 7.10. The second-order valence-electron chi connectivity index (χ2n) is 8.08. The molecule has 0 radical (unpaired) electrons. The molecule has 2 rings (SSSR count). The zero-order chi connectivity index (χ0) is 17.2. The standard InChI is InChI=1S/C24H38/c1-4-11-21(5-2)19-22-13-7-6-8-14-23-15-10-9-12-20(3)18-24(23)17-16-22/h6-7,14,16,20-22H,4-5,8-13,15,18-19H2,1-3H3. The molecular formula is C24H38. The smallest absolute Gasteiger partial charge is 0.00320 e. The summed E-state index contributed by atoms with van der Waals surface area (Å²) in [5.74, 6) is 2.36. The number of hydrogen-bond acceptors (Lipinski definition) is 0. The highest BCUT2D eigenvalue weighted by atomic mass is 14.2. The number of hydrogen-bond donors (Lipinski definition) is 0. The van der Waals surface area contributed by atoms with Crippen molar-refractivity contribution in [1.82, 2.24) is 0 Å². The Labute approximate surface area is 150 Å². The summed E-state index contributed by atoms with van der Waals surface area (Å²) >= 11 is 0. The summed E-state index contributed by atoms with van der Waals surface area (Å²) in [7, 11) is 0. The van der Waals surface area contributed by atoms with Gasteiger partial charge in [-0.3, -0.25) is 0 Å². The van der Waals surface area contributed by atoms with Crippen LogP contribution in [0.15, 0.2) is 41.2 Å². The van der Waals surface area contributed by atoms with Gasteiger partial charge in [0.15, 0.2) is 0 Å². The van der Waals surface area contributed by atoms with E-state index in [0.29, 0.717) is 5.92 Å². The first-order valence-corrected chi connectivity index (χ1v) is 10.5. The van der Waals surface area contributed by atoms with Crippen molar-refractivity contribution in [1.29, 1.82) is 0 Å². The summed E-state index contributed by atoms with van der Waals surface area (Å²) in [4.78, 5) is 0. The van der Waals surface area contributed by atoms with Gasteiger partial charge in [-0.15, -0.1) is 5.73 Å². The van der Waals surface area contributed by atoms with Gasteiger partial charge in [-0.25, -0.2) is 0 Å². The Morgan fingerprint density at radius 1 is 1.21 bits per heavy atom. The quantitative estimate of drug-likeness (QED) is 0.357. The molecule has 0 saturated heterocycles. The van der Waals surface area contributed by atoms with Crippen molar-refractivity contribution in [3.05, 3.63) is 41.2 Å². The Bertz CT molecular complexity index is 484.